The predicted molar refractivity (Wildman–Crippen MR) is 46.7 cm³/mol. The number of rotatable bonds is 6. The summed E-state index contributed by atoms with van der Waals surface area (Å²) in [5.41, 5.74) is 0. The van der Waals surface area contributed by atoms with Gasteiger partial charge in [-0.05, 0) is 13.8 Å². The van der Waals surface area contributed by atoms with Crippen molar-refractivity contribution >= 4 is 5.97 Å². The zero-order chi connectivity index (χ0) is 11.0. The number of hydrazine groups is 1. The van der Waals surface area contributed by atoms with Crippen molar-refractivity contribution < 1.29 is 19.3 Å². The molecule has 0 atom stereocenters. The molecular weight excluding hydrogens is 190 g/mol. The fraction of sp³-hybridized carbons (Fsp3) is 0.857. The van der Waals surface area contributed by atoms with Gasteiger partial charge in [0.1, 0.15) is 0 Å². The van der Waals surface area contributed by atoms with Crippen LogP contribution in [0.15, 0.2) is 5.28 Å². The van der Waals surface area contributed by atoms with E-state index in [1.165, 1.54) is 11.9 Å². The number of carbonyl (C=O) groups is 1. The molecule has 0 rings (SSSR count). The molecule has 0 N–H and O–H groups in total. The minimum absolute atomic E-state index is 0.323. The Labute approximate surface area is 82.4 Å². The first-order chi connectivity index (χ1) is 6.61. The Kier molecular flexibility index (Phi) is 6.17. The molecule has 0 radical (unpaired) electrons. The van der Waals surface area contributed by atoms with Gasteiger partial charge in [-0.15, -0.1) is 5.01 Å². The van der Waals surface area contributed by atoms with E-state index >= 15 is 0 Å². The Hall–Kier alpha value is -1.53. The highest BCUT2D eigenvalue weighted by atomic mass is 16.8. The zero-order valence-corrected chi connectivity index (χ0v) is 8.60. The van der Waals surface area contributed by atoms with Crippen LogP contribution in [-0.2, 0) is 14.4 Å². The summed E-state index contributed by atoms with van der Waals surface area (Å²) in [4.78, 5) is 15.1. The Bertz CT molecular complexity index is 203. The summed E-state index contributed by atoms with van der Waals surface area (Å²) in [5.74, 6) is -0.486. The molecule has 0 heterocycles. The Morgan fingerprint density at radius 1 is 1.50 bits per heavy atom. The van der Waals surface area contributed by atoms with Crippen LogP contribution in [0.1, 0.15) is 20.8 Å². The van der Waals surface area contributed by atoms with Crippen molar-refractivity contribution in [3.05, 3.63) is 5.21 Å². The van der Waals surface area contributed by atoms with Crippen LogP contribution in [0.4, 0.5) is 0 Å². The minimum atomic E-state index is -0.486. The third-order valence-electron chi connectivity index (χ3n) is 1.41. The summed E-state index contributed by atoms with van der Waals surface area (Å²) in [7, 11) is 0. The molecule has 0 amide bonds. The molecule has 0 aromatic rings. The van der Waals surface area contributed by atoms with E-state index in [0.29, 0.717) is 18.1 Å². The lowest BCUT2D eigenvalue weighted by Gasteiger charge is -2.12. The van der Waals surface area contributed by atoms with Crippen LogP contribution in [0.2, 0.25) is 0 Å². The maximum Gasteiger partial charge on any atom is 0.305 e. The zero-order valence-electron chi connectivity index (χ0n) is 8.60. The summed E-state index contributed by atoms with van der Waals surface area (Å²) in [6.45, 7) is 5.57. The van der Waals surface area contributed by atoms with E-state index in [9.17, 15) is 10.0 Å². The van der Waals surface area contributed by atoms with E-state index in [-0.39, 0.29) is 6.79 Å². The molecule has 0 fully saturated rings. The second-order valence-corrected chi connectivity index (χ2v) is 2.36. The summed E-state index contributed by atoms with van der Waals surface area (Å²) in [6.07, 6.45) is 0. The lowest BCUT2D eigenvalue weighted by atomic mass is 10.6. The van der Waals surface area contributed by atoms with Crippen molar-refractivity contribution in [3.8, 4) is 0 Å². The van der Waals surface area contributed by atoms with Crippen molar-refractivity contribution in [3.63, 3.8) is 0 Å². The van der Waals surface area contributed by atoms with Gasteiger partial charge in [-0.3, -0.25) is 4.79 Å². The second kappa shape index (κ2) is 6.93. The lowest BCUT2D eigenvalue weighted by molar-refractivity contribution is -0.710. The quantitative estimate of drug-likeness (QED) is 0.159. The first-order valence-corrected chi connectivity index (χ1v) is 4.30. The van der Waals surface area contributed by atoms with Crippen LogP contribution in [0, 0.1) is 5.21 Å². The van der Waals surface area contributed by atoms with Crippen LogP contribution >= 0.6 is 0 Å². The summed E-state index contributed by atoms with van der Waals surface area (Å²) >= 11 is 0. The van der Waals surface area contributed by atoms with Crippen LogP contribution < -0.4 is 0 Å². The first-order valence-electron chi connectivity index (χ1n) is 4.30. The minimum Gasteiger partial charge on any atom is -0.569 e. The average Bonchev–Trinajstić information content (AvgIpc) is 2.14. The Balaban J connectivity index is 3.80. The highest BCUT2D eigenvalue weighted by molar-refractivity contribution is 5.65. The molecule has 0 aliphatic rings. The van der Waals surface area contributed by atoms with Crippen LogP contribution in [0.25, 0.3) is 0 Å². The van der Waals surface area contributed by atoms with Gasteiger partial charge in [0.2, 0.25) is 5.28 Å². The highest BCUT2D eigenvalue weighted by Gasteiger charge is 2.06. The maximum atomic E-state index is 11.1. The molecule has 7 heteroatoms. The largest absolute Gasteiger partial charge is 0.569 e. The van der Waals surface area contributed by atoms with E-state index < -0.39 is 5.97 Å². The van der Waals surface area contributed by atoms with Crippen LogP contribution in [-0.4, -0.2) is 35.8 Å². The van der Waals surface area contributed by atoms with Gasteiger partial charge < -0.3 is 14.8 Å². The van der Waals surface area contributed by atoms with Crippen molar-refractivity contribution in [2.45, 2.75) is 20.8 Å². The molecule has 0 saturated heterocycles. The first kappa shape index (κ1) is 12.5. The van der Waals surface area contributed by atoms with Gasteiger partial charge in [0, 0.05) is 6.92 Å². The topological polar surface area (TPSA) is 77.2 Å². The summed E-state index contributed by atoms with van der Waals surface area (Å²) in [5, 5.41) is 15.6. The lowest BCUT2D eigenvalue weighted by Crippen LogP contribution is -2.30. The van der Waals surface area contributed by atoms with Gasteiger partial charge in [0.15, 0.2) is 0 Å². The Morgan fingerprint density at radius 2 is 2.07 bits per heavy atom. The molecule has 14 heavy (non-hydrogen) atoms. The third-order valence-corrected chi connectivity index (χ3v) is 1.41. The molecule has 7 nitrogen and oxygen atoms in total. The second-order valence-electron chi connectivity index (χ2n) is 2.36. The molecule has 0 aromatic carbocycles. The average molecular weight is 205 g/mol. The van der Waals surface area contributed by atoms with E-state index in [0.717, 1.165) is 0 Å². The van der Waals surface area contributed by atoms with Crippen molar-refractivity contribution in [2.75, 3.05) is 19.9 Å². The van der Waals surface area contributed by atoms with Gasteiger partial charge in [-0.25, -0.2) is 0 Å². The molecule has 0 unspecified atom stereocenters. The molecule has 0 aliphatic carbocycles. The molecular formula is C7H15N3O4. The van der Waals surface area contributed by atoms with Gasteiger partial charge in [0.25, 0.3) is 6.79 Å². The number of hydrogen-bond donors (Lipinski definition) is 0. The SMILES string of the molecule is CCN(CC)/[N+]([O-])=N/OCOC(C)=O. The normalized spacial score (nSPS) is 10.9. The van der Waals surface area contributed by atoms with Crippen molar-refractivity contribution in [1.29, 1.82) is 0 Å². The van der Waals surface area contributed by atoms with Gasteiger partial charge in [-0.1, -0.05) is 0 Å². The van der Waals surface area contributed by atoms with Crippen LogP contribution in [0.5, 0.6) is 0 Å². The van der Waals surface area contributed by atoms with Crippen molar-refractivity contribution in [1.82, 2.24) is 5.01 Å². The standard InChI is InChI=1S/C7H15N3O4/c1-4-9(5-2)10(12)8-14-6-13-7(3)11/h4-6H2,1-3H3/b10-8-. The van der Waals surface area contributed by atoms with Crippen molar-refractivity contribution in [2.24, 2.45) is 5.28 Å². The fourth-order valence-electron chi connectivity index (χ4n) is 0.700. The van der Waals surface area contributed by atoms with E-state index in [4.69, 9.17) is 0 Å². The summed E-state index contributed by atoms with van der Waals surface area (Å²) < 4.78 is 4.40. The van der Waals surface area contributed by atoms with Gasteiger partial charge in [-0.2, -0.15) is 0 Å². The molecule has 0 bridgehead atoms. The molecule has 0 aliphatic heterocycles. The third kappa shape index (κ3) is 5.18. The number of nitrogens with zero attached hydrogens (tertiary/aromatic N) is 3. The molecule has 0 saturated carbocycles. The number of ether oxygens (including phenoxy) is 1. The summed E-state index contributed by atoms with van der Waals surface area (Å²) in [6, 6.07) is 0. The number of hydrogen-bond acceptors (Lipinski definition) is 5. The van der Waals surface area contributed by atoms with Gasteiger partial charge in [0.05, 0.1) is 18.1 Å². The molecule has 0 spiro atoms. The predicted octanol–water partition coefficient (Wildman–Crippen LogP) is 0.658. The molecule has 82 valence electrons. The smallest absolute Gasteiger partial charge is 0.305 e. The number of carbonyl (C=O) groups excluding carboxylic acids is 1. The van der Waals surface area contributed by atoms with E-state index in [1.54, 1.807) is 0 Å². The highest BCUT2D eigenvalue weighted by Crippen LogP contribution is 1.90. The molecule has 0 aromatic heterocycles. The van der Waals surface area contributed by atoms with E-state index in [1.807, 2.05) is 13.8 Å². The fourth-order valence-corrected chi connectivity index (χ4v) is 0.700. The Morgan fingerprint density at radius 3 is 2.50 bits per heavy atom. The van der Waals surface area contributed by atoms with E-state index in [2.05, 4.69) is 14.9 Å². The van der Waals surface area contributed by atoms with Crippen LogP contribution in [0.3, 0.4) is 0 Å². The maximum absolute atomic E-state index is 11.1. The van der Waals surface area contributed by atoms with Gasteiger partial charge >= 0.3 is 5.97 Å². The number of esters is 1. The monoisotopic (exact) mass is 205 g/mol.